The predicted octanol–water partition coefficient (Wildman–Crippen LogP) is 3.92. The van der Waals surface area contributed by atoms with Crippen LogP contribution in [0.3, 0.4) is 0 Å². The van der Waals surface area contributed by atoms with Gasteiger partial charge in [0.2, 0.25) is 11.8 Å². The van der Waals surface area contributed by atoms with Crippen molar-refractivity contribution in [2.45, 2.75) is 52.6 Å². The van der Waals surface area contributed by atoms with Gasteiger partial charge in [0, 0.05) is 18.5 Å². The molecule has 1 aromatic heterocycles. The summed E-state index contributed by atoms with van der Waals surface area (Å²) in [6.07, 6.45) is 2.64. The minimum absolute atomic E-state index is 0.0858. The van der Waals surface area contributed by atoms with Gasteiger partial charge in [0.1, 0.15) is 11.6 Å². The molecule has 1 saturated heterocycles. The molecule has 6 heteroatoms. The number of aromatic nitrogens is 1. The first-order valence-corrected chi connectivity index (χ1v) is 9.71. The highest BCUT2D eigenvalue weighted by atomic mass is 19.1. The molecule has 1 aliphatic rings. The summed E-state index contributed by atoms with van der Waals surface area (Å²) in [7, 11) is 0. The van der Waals surface area contributed by atoms with E-state index in [1.54, 1.807) is 18.2 Å². The Balaban J connectivity index is 1.58. The zero-order valence-electron chi connectivity index (χ0n) is 16.3. The fourth-order valence-corrected chi connectivity index (χ4v) is 3.35. The number of aryl methyl sites for hydroxylation is 1. The number of oxazole rings is 1. The van der Waals surface area contributed by atoms with E-state index in [0.29, 0.717) is 23.8 Å². The van der Waals surface area contributed by atoms with E-state index >= 15 is 0 Å². The van der Waals surface area contributed by atoms with Gasteiger partial charge in [-0.05, 0) is 58.3 Å². The van der Waals surface area contributed by atoms with Crippen molar-refractivity contribution in [1.29, 1.82) is 0 Å². The molecular weight excluding hydrogens is 345 g/mol. The number of carbonyl (C=O) groups excluding carboxylic acids is 1. The van der Waals surface area contributed by atoms with Crippen molar-refractivity contribution in [2.24, 2.45) is 5.92 Å². The van der Waals surface area contributed by atoms with E-state index < -0.39 is 0 Å². The minimum atomic E-state index is -0.335. The third-order valence-corrected chi connectivity index (χ3v) is 5.33. The zero-order valence-corrected chi connectivity index (χ0v) is 16.3. The Bertz CT molecular complexity index is 781. The number of benzene rings is 1. The van der Waals surface area contributed by atoms with Crippen LogP contribution in [0.4, 0.5) is 4.39 Å². The molecule has 1 N–H and O–H groups in total. The number of likely N-dealkylation sites (tertiary alicyclic amines) is 1. The van der Waals surface area contributed by atoms with Crippen molar-refractivity contribution in [3.63, 3.8) is 0 Å². The van der Waals surface area contributed by atoms with Crippen LogP contribution in [0.1, 0.15) is 44.6 Å². The molecule has 0 radical (unpaired) electrons. The van der Waals surface area contributed by atoms with E-state index in [9.17, 15) is 9.18 Å². The Morgan fingerprint density at radius 3 is 2.74 bits per heavy atom. The highest BCUT2D eigenvalue weighted by molar-refractivity contribution is 5.79. The SMILES string of the molecule is CCC(C)NC(=O)C1CCN(Cc2nc(-c3ccccc3F)oc2C)CC1. The van der Waals surface area contributed by atoms with Gasteiger partial charge in [-0.2, -0.15) is 0 Å². The second-order valence-electron chi connectivity index (χ2n) is 7.37. The van der Waals surface area contributed by atoms with Crippen molar-refractivity contribution in [1.82, 2.24) is 15.2 Å². The lowest BCUT2D eigenvalue weighted by molar-refractivity contribution is -0.127. The molecule has 2 aromatic rings. The lowest BCUT2D eigenvalue weighted by Gasteiger charge is -2.31. The number of hydrogen-bond donors (Lipinski definition) is 1. The molecule has 0 spiro atoms. The van der Waals surface area contributed by atoms with Crippen LogP contribution in [-0.4, -0.2) is 34.9 Å². The maximum atomic E-state index is 14.0. The molecule has 1 atom stereocenters. The van der Waals surface area contributed by atoms with E-state index in [-0.39, 0.29) is 23.7 Å². The van der Waals surface area contributed by atoms with E-state index in [1.807, 2.05) is 13.8 Å². The van der Waals surface area contributed by atoms with E-state index in [2.05, 4.69) is 22.1 Å². The molecule has 146 valence electrons. The van der Waals surface area contributed by atoms with E-state index in [0.717, 1.165) is 38.0 Å². The topological polar surface area (TPSA) is 58.4 Å². The standard InChI is InChI=1S/C21H28FN3O2/c1-4-14(2)23-20(26)16-9-11-25(12-10-16)13-19-15(3)27-21(24-19)17-7-5-6-8-18(17)22/h5-8,14,16H,4,9-13H2,1-3H3,(H,23,26). The molecule has 5 nitrogen and oxygen atoms in total. The van der Waals surface area contributed by atoms with Crippen LogP contribution >= 0.6 is 0 Å². The third kappa shape index (κ3) is 4.75. The summed E-state index contributed by atoms with van der Waals surface area (Å²) in [5, 5.41) is 3.08. The number of nitrogens with one attached hydrogen (secondary N) is 1. The highest BCUT2D eigenvalue weighted by Gasteiger charge is 2.26. The van der Waals surface area contributed by atoms with Crippen molar-refractivity contribution < 1.29 is 13.6 Å². The summed E-state index contributed by atoms with van der Waals surface area (Å²) < 4.78 is 19.7. The fourth-order valence-electron chi connectivity index (χ4n) is 3.35. The summed E-state index contributed by atoms with van der Waals surface area (Å²) in [6, 6.07) is 6.73. The maximum absolute atomic E-state index is 14.0. The quantitative estimate of drug-likeness (QED) is 0.834. The Morgan fingerprint density at radius 2 is 2.07 bits per heavy atom. The van der Waals surface area contributed by atoms with Gasteiger partial charge in [0.15, 0.2) is 0 Å². The summed E-state index contributed by atoms with van der Waals surface area (Å²) >= 11 is 0. The first-order chi connectivity index (χ1) is 13.0. The second-order valence-corrected chi connectivity index (χ2v) is 7.37. The minimum Gasteiger partial charge on any atom is -0.441 e. The molecule has 0 bridgehead atoms. The van der Waals surface area contributed by atoms with Crippen LogP contribution < -0.4 is 5.32 Å². The number of carbonyl (C=O) groups is 1. The molecule has 27 heavy (non-hydrogen) atoms. The first-order valence-electron chi connectivity index (χ1n) is 9.71. The summed E-state index contributed by atoms with van der Waals surface area (Å²) in [5.74, 6) is 0.956. The Morgan fingerprint density at radius 1 is 1.37 bits per heavy atom. The number of hydrogen-bond acceptors (Lipinski definition) is 4. The highest BCUT2D eigenvalue weighted by Crippen LogP contribution is 2.26. The number of nitrogens with zero attached hydrogens (tertiary/aromatic N) is 2. The number of amides is 1. The molecule has 3 rings (SSSR count). The van der Waals surface area contributed by atoms with Gasteiger partial charge in [-0.3, -0.25) is 9.69 Å². The largest absolute Gasteiger partial charge is 0.441 e. The van der Waals surface area contributed by atoms with Gasteiger partial charge in [0.25, 0.3) is 0 Å². The van der Waals surface area contributed by atoms with E-state index in [1.165, 1.54) is 6.07 Å². The van der Waals surface area contributed by atoms with Crippen LogP contribution in [0.15, 0.2) is 28.7 Å². The number of rotatable bonds is 6. The number of piperidine rings is 1. The third-order valence-electron chi connectivity index (χ3n) is 5.33. The van der Waals surface area contributed by atoms with Crippen LogP contribution in [0.25, 0.3) is 11.5 Å². The van der Waals surface area contributed by atoms with Crippen molar-refractivity contribution >= 4 is 5.91 Å². The zero-order chi connectivity index (χ0) is 19.4. The van der Waals surface area contributed by atoms with Crippen molar-refractivity contribution in [3.05, 3.63) is 41.5 Å². The van der Waals surface area contributed by atoms with Crippen molar-refractivity contribution in [3.8, 4) is 11.5 Å². The summed E-state index contributed by atoms with van der Waals surface area (Å²) in [5.41, 5.74) is 1.21. The lowest BCUT2D eigenvalue weighted by atomic mass is 9.95. The molecular formula is C21H28FN3O2. The predicted molar refractivity (Wildman–Crippen MR) is 103 cm³/mol. The average molecular weight is 373 g/mol. The molecule has 1 aliphatic heterocycles. The molecule has 0 aliphatic carbocycles. The van der Waals surface area contributed by atoms with Crippen molar-refractivity contribution in [2.75, 3.05) is 13.1 Å². The molecule has 1 unspecified atom stereocenters. The average Bonchev–Trinajstić information content (AvgIpc) is 3.02. The summed E-state index contributed by atoms with van der Waals surface area (Å²) in [6.45, 7) is 8.32. The number of halogens is 1. The van der Waals surface area contributed by atoms with Crippen LogP contribution in [0.2, 0.25) is 0 Å². The van der Waals surface area contributed by atoms with Gasteiger partial charge >= 0.3 is 0 Å². The van der Waals surface area contributed by atoms with Gasteiger partial charge < -0.3 is 9.73 Å². The fraction of sp³-hybridized carbons (Fsp3) is 0.524. The first kappa shape index (κ1) is 19.5. The van der Waals surface area contributed by atoms with Crippen LogP contribution in [-0.2, 0) is 11.3 Å². The van der Waals surface area contributed by atoms with Crippen LogP contribution in [0.5, 0.6) is 0 Å². The molecule has 0 saturated carbocycles. The smallest absolute Gasteiger partial charge is 0.229 e. The monoisotopic (exact) mass is 373 g/mol. The van der Waals surface area contributed by atoms with Gasteiger partial charge in [-0.1, -0.05) is 19.1 Å². The van der Waals surface area contributed by atoms with Gasteiger partial charge in [-0.25, -0.2) is 9.37 Å². The van der Waals surface area contributed by atoms with E-state index in [4.69, 9.17) is 4.42 Å². The summed E-state index contributed by atoms with van der Waals surface area (Å²) in [4.78, 5) is 19.1. The normalized spacial score (nSPS) is 17.0. The molecule has 1 aromatic carbocycles. The molecule has 1 fully saturated rings. The molecule has 1 amide bonds. The Labute approximate surface area is 160 Å². The van der Waals surface area contributed by atoms with Crippen LogP contribution in [0, 0.1) is 18.7 Å². The Kier molecular flexibility index (Phi) is 6.26. The lowest BCUT2D eigenvalue weighted by Crippen LogP contribution is -2.42. The molecule has 2 heterocycles. The van der Waals surface area contributed by atoms with Gasteiger partial charge in [0.05, 0.1) is 11.3 Å². The van der Waals surface area contributed by atoms with Gasteiger partial charge in [-0.15, -0.1) is 0 Å². The maximum Gasteiger partial charge on any atom is 0.229 e. The Hall–Kier alpha value is -2.21. The second kappa shape index (κ2) is 8.65.